The molecule has 0 saturated carbocycles. The van der Waals surface area contributed by atoms with Gasteiger partial charge in [0.25, 0.3) is 0 Å². The molecule has 1 aromatic heterocycles. The third-order valence-electron chi connectivity index (χ3n) is 2.82. The lowest BCUT2D eigenvalue weighted by atomic mass is 10.2. The molecule has 0 aliphatic rings. The van der Waals surface area contributed by atoms with Gasteiger partial charge in [-0.1, -0.05) is 24.3 Å². The molecule has 0 saturated heterocycles. The minimum atomic E-state index is -0.315. The number of amides is 1. The highest BCUT2D eigenvalue weighted by atomic mass is 19.1. The minimum absolute atomic E-state index is 0.149. The number of hydrogen-bond acceptors (Lipinski definition) is 3. The first-order valence-corrected chi connectivity index (χ1v) is 6.45. The van der Waals surface area contributed by atoms with Crippen LogP contribution in [0.15, 0.2) is 48.8 Å². The summed E-state index contributed by atoms with van der Waals surface area (Å²) in [5, 5.41) is 11.8. The monoisotopic (exact) mass is 286 g/mol. The van der Waals surface area contributed by atoms with Crippen molar-refractivity contribution >= 4 is 17.7 Å². The Morgan fingerprint density at radius 3 is 3.00 bits per heavy atom. The van der Waals surface area contributed by atoms with E-state index in [4.69, 9.17) is 5.11 Å². The van der Waals surface area contributed by atoms with Gasteiger partial charge in [0.2, 0.25) is 5.91 Å². The minimum Gasteiger partial charge on any atom is -0.392 e. The summed E-state index contributed by atoms with van der Waals surface area (Å²) >= 11 is 0. The van der Waals surface area contributed by atoms with Crippen LogP contribution < -0.4 is 5.32 Å². The molecule has 108 valence electrons. The fourth-order valence-corrected chi connectivity index (χ4v) is 1.79. The summed E-state index contributed by atoms with van der Waals surface area (Å²) in [5.41, 5.74) is 1.79. The first-order valence-electron chi connectivity index (χ1n) is 6.45. The predicted octanol–water partition coefficient (Wildman–Crippen LogP) is 2.76. The number of rotatable bonds is 5. The van der Waals surface area contributed by atoms with Gasteiger partial charge in [-0.15, -0.1) is 0 Å². The van der Waals surface area contributed by atoms with E-state index in [0.29, 0.717) is 16.8 Å². The van der Waals surface area contributed by atoms with Crippen LogP contribution in [0, 0.1) is 5.82 Å². The molecule has 5 heteroatoms. The van der Waals surface area contributed by atoms with Gasteiger partial charge in [-0.05, 0) is 23.8 Å². The third-order valence-corrected chi connectivity index (χ3v) is 2.82. The fourth-order valence-electron chi connectivity index (χ4n) is 1.79. The molecule has 1 amide bonds. The third kappa shape index (κ3) is 4.50. The van der Waals surface area contributed by atoms with Crippen molar-refractivity contribution in [3.63, 3.8) is 0 Å². The Balaban J connectivity index is 1.93. The van der Waals surface area contributed by atoms with E-state index in [-0.39, 0.29) is 24.8 Å². The largest absolute Gasteiger partial charge is 0.392 e. The summed E-state index contributed by atoms with van der Waals surface area (Å²) in [5.74, 6) is -0.546. The van der Waals surface area contributed by atoms with Crippen LogP contribution in [0.3, 0.4) is 0 Å². The first kappa shape index (κ1) is 14.9. The number of nitrogens with one attached hydrogen (secondary N) is 1. The number of nitrogens with zero attached hydrogens (tertiary/aromatic N) is 1. The smallest absolute Gasteiger partial charge is 0.228 e. The fraction of sp³-hybridized carbons (Fsp3) is 0.125. The van der Waals surface area contributed by atoms with Crippen molar-refractivity contribution in [2.24, 2.45) is 0 Å². The molecule has 0 unspecified atom stereocenters. The van der Waals surface area contributed by atoms with E-state index in [1.165, 1.54) is 18.3 Å². The lowest BCUT2D eigenvalue weighted by molar-refractivity contribution is -0.115. The quantitative estimate of drug-likeness (QED) is 0.888. The van der Waals surface area contributed by atoms with Gasteiger partial charge in [-0.25, -0.2) is 4.39 Å². The first-order chi connectivity index (χ1) is 10.2. The van der Waals surface area contributed by atoms with E-state index in [1.54, 1.807) is 36.5 Å². The van der Waals surface area contributed by atoms with Crippen LogP contribution in [-0.2, 0) is 11.4 Å². The number of aliphatic hydroxyl groups excluding tert-OH is 1. The molecule has 2 rings (SSSR count). The molecule has 2 N–H and O–H groups in total. The SMILES string of the molecule is O=C(C/C=C/c1cccc(F)c1)Nc1cnccc1CO. The van der Waals surface area contributed by atoms with Crippen molar-refractivity contribution in [1.82, 2.24) is 4.98 Å². The highest BCUT2D eigenvalue weighted by molar-refractivity contribution is 5.92. The van der Waals surface area contributed by atoms with Crippen LogP contribution in [0.2, 0.25) is 0 Å². The van der Waals surface area contributed by atoms with Gasteiger partial charge >= 0.3 is 0 Å². The number of aromatic nitrogens is 1. The Bertz CT molecular complexity index is 656. The zero-order valence-corrected chi connectivity index (χ0v) is 11.3. The number of anilines is 1. The molecule has 21 heavy (non-hydrogen) atoms. The topological polar surface area (TPSA) is 62.2 Å². The molecule has 0 spiro atoms. The second-order valence-corrected chi connectivity index (χ2v) is 4.40. The van der Waals surface area contributed by atoms with Crippen LogP contribution in [0.4, 0.5) is 10.1 Å². The lowest BCUT2D eigenvalue weighted by Crippen LogP contribution is -2.12. The molecule has 0 bridgehead atoms. The zero-order chi connectivity index (χ0) is 15.1. The number of carbonyl (C=O) groups is 1. The second-order valence-electron chi connectivity index (χ2n) is 4.40. The van der Waals surface area contributed by atoms with Gasteiger partial charge in [0.15, 0.2) is 0 Å². The van der Waals surface area contributed by atoms with E-state index < -0.39 is 0 Å². The Labute approximate surface area is 122 Å². The Hall–Kier alpha value is -2.53. The number of halogens is 1. The molecule has 1 heterocycles. The maximum absolute atomic E-state index is 13.0. The van der Waals surface area contributed by atoms with Crippen LogP contribution in [-0.4, -0.2) is 16.0 Å². The molecule has 0 fully saturated rings. The van der Waals surface area contributed by atoms with E-state index in [0.717, 1.165) is 0 Å². The van der Waals surface area contributed by atoms with Crippen LogP contribution >= 0.6 is 0 Å². The van der Waals surface area contributed by atoms with Crippen molar-refractivity contribution in [2.75, 3.05) is 5.32 Å². The predicted molar refractivity (Wildman–Crippen MR) is 78.8 cm³/mol. The van der Waals surface area contributed by atoms with E-state index in [9.17, 15) is 9.18 Å². The molecule has 1 aromatic carbocycles. The Kier molecular flexibility index (Phi) is 5.17. The molecule has 0 aliphatic heterocycles. The zero-order valence-electron chi connectivity index (χ0n) is 11.3. The van der Waals surface area contributed by atoms with Gasteiger partial charge < -0.3 is 10.4 Å². The van der Waals surface area contributed by atoms with Crippen molar-refractivity contribution < 1.29 is 14.3 Å². The van der Waals surface area contributed by atoms with E-state index in [2.05, 4.69) is 10.3 Å². The van der Waals surface area contributed by atoms with Crippen LogP contribution in [0.5, 0.6) is 0 Å². The Morgan fingerprint density at radius 1 is 1.38 bits per heavy atom. The normalized spacial score (nSPS) is 10.8. The summed E-state index contributed by atoms with van der Waals surface area (Å²) in [4.78, 5) is 15.7. The lowest BCUT2D eigenvalue weighted by Gasteiger charge is -2.07. The van der Waals surface area contributed by atoms with Crippen molar-refractivity contribution in [3.8, 4) is 0 Å². The van der Waals surface area contributed by atoms with Crippen LogP contribution in [0.25, 0.3) is 6.08 Å². The van der Waals surface area contributed by atoms with Gasteiger partial charge in [-0.3, -0.25) is 9.78 Å². The number of hydrogen-bond donors (Lipinski definition) is 2. The highest BCUT2D eigenvalue weighted by Crippen LogP contribution is 2.13. The summed E-state index contributed by atoms with van der Waals surface area (Å²) in [6, 6.07) is 7.75. The van der Waals surface area contributed by atoms with Gasteiger partial charge in [0, 0.05) is 18.2 Å². The average molecular weight is 286 g/mol. The molecule has 0 atom stereocenters. The molecule has 0 aliphatic carbocycles. The van der Waals surface area contributed by atoms with Crippen molar-refractivity contribution in [1.29, 1.82) is 0 Å². The number of pyridine rings is 1. The molecular formula is C16H15FN2O2. The number of carbonyl (C=O) groups excluding carboxylic acids is 1. The highest BCUT2D eigenvalue weighted by Gasteiger charge is 2.04. The second kappa shape index (κ2) is 7.31. The number of aliphatic hydroxyl groups is 1. The maximum atomic E-state index is 13.0. The summed E-state index contributed by atoms with van der Waals surface area (Å²) in [6.07, 6.45) is 6.51. The summed E-state index contributed by atoms with van der Waals surface area (Å²) < 4.78 is 13.0. The standard InChI is InChI=1S/C16H15FN2O2/c17-14-5-1-3-12(9-14)4-2-6-16(21)19-15-10-18-8-7-13(15)11-20/h1-5,7-10,20H,6,11H2,(H,19,21)/b4-2+. The van der Waals surface area contributed by atoms with Gasteiger partial charge in [0.05, 0.1) is 18.5 Å². The van der Waals surface area contributed by atoms with Crippen molar-refractivity contribution in [3.05, 3.63) is 65.7 Å². The maximum Gasteiger partial charge on any atom is 0.228 e. The Morgan fingerprint density at radius 2 is 2.24 bits per heavy atom. The average Bonchev–Trinajstić information content (AvgIpc) is 2.48. The van der Waals surface area contributed by atoms with Crippen molar-refractivity contribution in [2.45, 2.75) is 13.0 Å². The van der Waals surface area contributed by atoms with Crippen LogP contribution in [0.1, 0.15) is 17.5 Å². The van der Waals surface area contributed by atoms with E-state index >= 15 is 0 Å². The number of benzene rings is 1. The summed E-state index contributed by atoms with van der Waals surface area (Å²) in [7, 11) is 0. The molecule has 0 radical (unpaired) electrons. The molecule has 2 aromatic rings. The van der Waals surface area contributed by atoms with Gasteiger partial charge in [0.1, 0.15) is 5.82 Å². The summed E-state index contributed by atoms with van der Waals surface area (Å²) in [6.45, 7) is -0.169. The van der Waals surface area contributed by atoms with E-state index in [1.807, 2.05) is 0 Å². The van der Waals surface area contributed by atoms with Gasteiger partial charge in [-0.2, -0.15) is 0 Å². The molecular weight excluding hydrogens is 271 g/mol. The molecule has 4 nitrogen and oxygen atoms in total.